The smallest absolute Gasteiger partial charge is 0.199 e. The maximum Gasteiger partial charge on any atom is 0.199 e. The van der Waals surface area contributed by atoms with Gasteiger partial charge in [0.05, 0.1) is 5.92 Å². The number of rotatable bonds is 4. The number of benzene rings is 1. The van der Waals surface area contributed by atoms with E-state index in [1.807, 2.05) is 30.3 Å². The molecule has 1 aromatic carbocycles. The third-order valence-electron chi connectivity index (χ3n) is 3.07. The van der Waals surface area contributed by atoms with Crippen molar-refractivity contribution >= 4 is 11.9 Å². The summed E-state index contributed by atoms with van der Waals surface area (Å²) in [4.78, 5) is 12.1. The maximum absolute atomic E-state index is 12.1. The van der Waals surface area contributed by atoms with Crippen LogP contribution in [0.2, 0.25) is 0 Å². The standard InChI is InChI=1S/C16H16O3/c1-19-16(18)12-6-5-9-14(16)15(17)11-10-13-7-3-2-4-8-13/h2-12,14,18H,1H3/b11-10+. The number of carbonyl (C=O) groups is 1. The molecule has 0 saturated heterocycles. The van der Waals surface area contributed by atoms with Crippen LogP contribution in [0, 0.1) is 5.92 Å². The van der Waals surface area contributed by atoms with Gasteiger partial charge < -0.3 is 9.84 Å². The Morgan fingerprint density at radius 2 is 2.05 bits per heavy atom. The van der Waals surface area contributed by atoms with Crippen molar-refractivity contribution in [1.82, 2.24) is 0 Å². The molecule has 2 atom stereocenters. The van der Waals surface area contributed by atoms with Gasteiger partial charge in [-0.15, -0.1) is 0 Å². The second kappa shape index (κ2) is 5.78. The average molecular weight is 256 g/mol. The summed E-state index contributed by atoms with van der Waals surface area (Å²) in [7, 11) is 1.38. The van der Waals surface area contributed by atoms with Crippen LogP contribution in [0.3, 0.4) is 0 Å². The molecule has 3 nitrogen and oxygen atoms in total. The molecule has 2 unspecified atom stereocenters. The van der Waals surface area contributed by atoms with Crippen molar-refractivity contribution in [2.45, 2.75) is 5.79 Å². The lowest BCUT2D eigenvalue weighted by molar-refractivity contribution is -0.176. The summed E-state index contributed by atoms with van der Waals surface area (Å²) in [5.74, 6) is -2.48. The molecule has 0 spiro atoms. The highest BCUT2D eigenvalue weighted by Crippen LogP contribution is 2.26. The lowest BCUT2D eigenvalue weighted by Gasteiger charge is -2.30. The number of aliphatic hydroxyl groups is 1. The highest BCUT2D eigenvalue weighted by molar-refractivity contribution is 5.97. The molecule has 0 heterocycles. The van der Waals surface area contributed by atoms with Gasteiger partial charge in [0.15, 0.2) is 11.6 Å². The minimum Gasteiger partial charge on any atom is -0.361 e. The lowest BCUT2D eigenvalue weighted by Crippen LogP contribution is -2.41. The molecular formula is C16H16O3. The Morgan fingerprint density at radius 1 is 1.32 bits per heavy atom. The van der Waals surface area contributed by atoms with Crippen LogP contribution in [0.4, 0.5) is 0 Å². The Labute approximate surface area is 112 Å². The van der Waals surface area contributed by atoms with Crippen LogP contribution < -0.4 is 0 Å². The predicted molar refractivity (Wildman–Crippen MR) is 74.2 cm³/mol. The second-order valence-electron chi connectivity index (χ2n) is 4.32. The zero-order valence-electron chi connectivity index (χ0n) is 10.7. The van der Waals surface area contributed by atoms with Gasteiger partial charge in [-0.2, -0.15) is 0 Å². The average Bonchev–Trinajstić information content (AvgIpc) is 2.46. The summed E-state index contributed by atoms with van der Waals surface area (Å²) in [6, 6.07) is 9.53. The van der Waals surface area contributed by atoms with Crippen molar-refractivity contribution in [2.75, 3.05) is 7.11 Å². The minimum atomic E-state index is -1.56. The largest absolute Gasteiger partial charge is 0.361 e. The molecule has 1 aromatic rings. The van der Waals surface area contributed by atoms with Crippen LogP contribution in [0.5, 0.6) is 0 Å². The molecule has 0 saturated carbocycles. The maximum atomic E-state index is 12.1. The first-order valence-electron chi connectivity index (χ1n) is 6.06. The van der Waals surface area contributed by atoms with Crippen molar-refractivity contribution in [2.24, 2.45) is 5.92 Å². The monoisotopic (exact) mass is 256 g/mol. The molecule has 0 amide bonds. The summed E-state index contributed by atoms with van der Waals surface area (Å²) in [6.07, 6.45) is 9.70. The Morgan fingerprint density at radius 3 is 2.74 bits per heavy atom. The number of carbonyl (C=O) groups excluding carboxylic acids is 1. The van der Waals surface area contributed by atoms with Crippen molar-refractivity contribution < 1.29 is 14.6 Å². The van der Waals surface area contributed by atoms with E-state index in [-0.39, 0.29) is 5.78 Å². The predicted octanol–water partition coefficient (Wildman–Crippen LogP) is 2.35. The lowest BCUT2D eigenvalue weighted by atomic mass is 9.89. The van der Waals surface area contributed by atoms with Gasteiger partial charge in [-0.1, -0.05) is 54.6 Å². The number of allylic oxidation sites excluding steroid dienone is 3. The highest BCUT2D eigenvalue weighted by atomic mass is 16.6. The van der Waals surface area contributed by atoms with Gasteiger partial charge in [-0.3, -0.25) is 4.79 Å². The fraction of sp³-hybridized carbons (Fsp3) is 0.188. The molecule has 0 aromatic heterocycles. The van der Waals surface area contributed by atoms with Crippen LogP contribution in [0.1, 0.15) is 5.56 Å². The fourth-order valence-corrected chi connectivity index (χ4v) is 1.95. The third-order valence-corrected chi connectivity index (χ3v) is 3.07. The van der Waals surface area contributed by atoms with E-state index in [2.05, 4.69) is 0 Å². The molecule has 2 rings (SSSR count). The molecule has 1 aliphatic rings. The van der Waals surface area contributed by atoms with E-state index in [9.17, 15) is 9.90 Å². The number of hydrogen-bond acceptors (Lipinski definition) is 3. The Kier molecular flexibility index (Phi) is 4.10. The zero-order chi connectivity index (χ0) is 13.7. The molecule has 0 bridgehead atoms. The van der Waals surface area contributed by atoms with Gasteiger partial charge in [-0.25, -0.2) is 0 Å². The van der Waals surface area contributed by atoms with Crippen molar-refractivity contribution in [1.29, 1.82) is 0 Å². The topological polar surface area (TPSA) is 46.5 Å². The van der Waals surface area contributed by atoms with Gasteiger partial charge in [0.1, 0.15) is 0 Å². The second-order valence-corrected chi connectivity index (χ2v) is 4.32. The van der Waals surface area contributed by atoms with E-state index in [4.69, 9.17) is 4.74 Å². The molecule has 19 heavy (non-hydrogen) atoms. The molecule has 1 N–H and O–H groups in total. The van der Waals surface area contributed by atoms with Crippen LogP contribution in [0.15, 0.2) is 60.7 Å². The van der Waals surface area contributed by atoms with Crippen molar-refractivity contribution in [3.63, 3.8) is 0 Å². The van der Waals surface area contributed by atoms with E-state index < -0.39 is 11.7 Å². The number of ketones is 1. The highest BCUT2D eigenvalue weighted by Gasteiger charge is 2.37. The van der Waals surface area contributed by atoms with E-state index in [1.54, 1.807) is 24.3 Å². The van der Waals surface area contributed by atoms with Gasteiger partial charge in [0.2, 0.25) is 0 Å². The van der Waals surface area contributed by atoms with Gasteiger partial charge in [0, 0.05) is 7.11 Å². The van der Waals surface area contributed by atoms with E-state index in [1.165, 1.54) is 19.3 Å². The molecule has 0 aliphatic heterocycles. The van der Waals surface area contributed by atoms with Gasteiger partial charge >= 0.3 is 0 Å². The van der Waals surface area contributed by atoms with Crippen LogP contribution in [0.25, 0.3) is 6.08 Å². The minimum absolute atomic E-state index is 0.200. The van der Waals surface area contributed by atoms with Gasteiger partial charge in [0.25, 0.3) is 0 Å². The summed E-state index contributed by atoms with van der Waals surface area (Å²) in [5, 5.41) is 10.2. The molecular weight excluding hydrogens is 240 g/mol. The van der Waals surface area contributed by atoms with E-state index >= 15 is 0 Å². The van der Waals surface area contributed by atoms with Crippen LogP contribution in [-0.4, -0.2) is 23.8 Å². The first kappa shape index (κ1) is 13.5. The number of ether oxygens (including phenoxy) is 1. The van der Waals surface area contributed by atoms with E-state index in [0.29, 0.717) is 0 Å². The molecule has 98 valence electrons. The first-order chi connectivity index (χ1) is 9.15. The van der Waals surface area contributed by atoms with E-state index in [0.717, 1.165) is 5.56 Å². The normalized spacial score (nSPS) is 25.9. The summed E-state index contributed by atoms with van der Waals surface area (Å²) in [5.41, 5.74) is 0.937. The van der Waals surface area contributed by atoms with Crippen LogP contribution in [-0.2, 0) is 9.53 Å². The van der Waals surface area contributed by atoms with Crippen molar-refractivity contribution in [3.8, 4) is 0 Å². The first-order valence-corrected chi connectivity index (χ1v) is 6.06. The zero-order valence-corrected chi connectivity index (χ0v) is 10.7. The summed E-state index contributed by atoms with van der Waals surface area (Å²) < 4.78 is 5.03. The Bertz CT molecular complexity index is 528. The molecule has 0 radical (unpaired) electrons. The SMILES string of the molecule is COC1(O)C=CC=CC1C(=O)/C=C/c1ccccc1. The number of methoxy groups -OCH3 is 1. The van der Waals surface area contributed by atoms with Gasteiger partial charge in [-0.05, 0) is 17.7 Å². The Hall–Kier alpha value is -1.97. The molecule has 3 heteroatoms. The molecule has 1 aliphatic carbocycles. The molecule has 0 fully saturated rings. The fourth-order valence-electron chi connectivity index (χ4n) is 1.95. The summed E-state index contributed by atoms with van der Waals surface area (Å²) >= 11 is 0. The summed E-state index contributed by atoms with van der Waals surface area (Å²) in [6.45, 7) is 0. The Balaban J connectivity index is 2.14. The third kappa shape index (κ3) is 3.08. The number of hydrogen-bond donors (Lipinski definition) is 1. The van der Waals surface area contributed by atoms with Crippen molar-refractivity contribution in [3.05, 3.63) is 66.3 Å². The van der Waals surface area contributed by atoms with Crippen LogP contribution >= 0.6 is 0 Å². The quantitative estimate of drug-likeness (QED) is 0.664.